The fraction of sp³-hybridized carbons (Fsp3) is 0.158. The van der Waals surface area contributed by atoms with Gasteiger partial charge in [-0.15, -0.1) is 5.10 Å². The predicted molar refractivity (Wildman–Crippen MR) is 104 cm³/mol. The molecule has 0 saturated heterocycles. The summed E-state index contributed by atoms with van der Waals surface area (Å²) in [6.45, 7) is 2.64. The van der Waals surface area contributed by atoms with Crippen molar-refractivity contribution in [3.05, 3.63) is 86.9 Å². The molecule has 9 heteroatoms. The van der Waals surface area contributed by atoms with Gasteiger partial charge in [-0.3, -0.25) is 0 Å². The first-order valence-corrected chi connectivity index (χ1v) is 8.98. The highest BCUT2D eigenvalue weighted by Gasteiger charge is 2.11. The zero-order chi connectivity index (χ0) is 19.5. The molecule has 0 aliphatic heterocycles. The van der Waals surface area contributed by atoms with Gasteiger partial charge in [0.1, 0.15) is 6.61 Å². The van der Waals surface area contributed by atoms with Gasteiger partial charge in [0.25, 0.3) is 0 Å². The van der Waals surface area contributed by atoms with E-state index in [1.165, 1.54) is 4.68 Å². The van der Waals surface area contributed by atoms with Crippen molar-refractivity contribution in [2.75, 3.05) is 0 Å². The zero-order valence-electron chi connectivity index (χ0n) is 15.0. The second-order valence-corrected chi connectivity index (χ2v) is 6.68. The topological polar surface area (TPSA) is 90.6 Å². The summed E-state index contributed by atoms with van der Waals surface area (Å²) < 4.78 is 8.89. The number of rotatable bonds is 6. The molecule has 2 aromatic carbocycles. The zero-order valence-corrected chi connectivity index (χ0v) is 15.8. The largest absolute Gasteiger partial charge is 0.472 e. The molecule has 0 spiro atoms. The lowest BCUT2D eigenvalue weighted by atomic mass is 10.0. The summed E-state index contributed by atoms with van der Waals surface area (Å²) in [4.78, 5) is 11.7. The molecule has 28 heavy (non-hydrogen) atoms. The Morgan fingerprint density at radius 3 is 2.71 bits per heavy atom. The van der Waals surface area contributed by atoms with Gasteiger partial charge in [0.05, 0.1) is 12.2 Å². The Morgan fingerprint density at radius 1 is 1.14 bits per heavy atom. The number of hydrogen-bond acceptors (Lipinski definition) is 5. The third-order valence-corrected chi connectivity index (χ3v) is 4.63. The summed E-state index contributed by atoms with van der Waals surface area (Å²) in [6, 6.07) is 15.1. The molecule has 2 heterocycles. The lowest BCUT2D eigenvalue weighted by Gasteiger charge is -2.12. The van der Waals surface area contributed by atoms with Crippen molar-refractivity contribution in [3.63, 3.8) is 0 Å². The highest BCUT2D eigenvalue weighted by molar-refractivity contribution is 6.30. The van der Waals surface area contributed by atoms with Crippen LogP contribution in [0, 0.1) is 6.92 Å². The van der Waals surface area contributed by atoms with E-state index in [1.807, 2.05) is 55.6 Å². The highest BCUT2D eigenvalue weighted by Crippen LogP contribution is 2.19. The molecular weight excluding hydrogens is 380 g/mol. The fourth-order valence-corrected chi connectivity index (χ4v) is 2.99. The predicted octanol–water partition coefficient (Wildman–Crippen LogP) is 2.74. The molecule has 0 bridgehead atoms. The minimum absolute atomic E-state index is 0.314. The smallest absolute Gasteiger partial charge is 0.361 e. The summed E-state index contributed by atoms with van der Waals surface area (Å²) in [7, 11) is 0. The summed E-state index contributed by atoms with van der Waals surface area (Å²) in [6.07, 6.45) is 1.83. The van der Waals surface area contributed by atoms with Gasteiger partial charge in [-0.2, -0.15) is 4.68 Å². The minimum Gasteiger partial charge on any atom is -0.472 e. The average molecular weight is 397 g/mol. The number of ether oxygens (including phenoxy) is 1. The first kappa shape index (κ1) is 18.0. The molecule has 4 aromatic rings. The van der Waals surface area contributed by atoms with Gasteiger partial charge >= 0.3 is 5.69 Å². The van der Waals surface area contributed by atoms with Gasteiger partial charge in [-0.25, -0.2) is 14.6 Å². The first-order chi connectivity index (χ1) is 13.6. The van der Waals surface area contributed by atoms with Gasteiger partial charge in [0, 0.05) is 17.3 Å². The van der Waals surface area contributed by atoms with Crippen LogP contribution in [-0.4, -0.2) is 30.0 Å². The molecule has 0 aliphatic carbocycles. The van der Waals surface area contributed by atoms with Crippen molar-refractivity contribution in [2.45, 2.75) is 20.1 Å². The van der Waals surface area contributed by atoms with E-state index < -0.39 is 0 Å². The number of aryl methyl sites for hydroxylation is 1. The van der Waals surface area contributed by atoms with Crippen molar-refractivity contribution in [3.8, 4) is 11.6 Å². The molecular formula is C19H17ClN6O2. The maximum atomic E-state index is 11.7. The van der Waals surface area contributed by atoms with Crippen LogP contribution in [0.1, 0.15) is 16.7 Å². The van der Waals surface area contributed by atoms with Crippen molar-refractivity contribution in [2.24, 2.45) is 0 Å². The Bertz CT molecular complexity index is 1150. The molecule has 4 rings (SSSR count). The molecule has 0 atom stereocenters. The highest BCUT2D eigenvalue weighted by atomic mass is 35.5. The van der Waals surface area contributed by atoms with E-state index in [0.717, 1.165) is 22.4 Å². The quantitative estimate of drug-likeness (QED) is 0.541. The molecule has 8 nitrogen and oxygen atoms in total. The van der Waals surface area contributed by atoms with Crippen LogP contribution in [0.4, 0.5) is 0 Å². The molecule has 1 N–H and O–H groups in total. The second kappa shape index (κ2) is 7.69. The first-order valence-electron chi connectivity index (χ1n) is 8.60. The van der Waals surface area contributed by atoms with E-state index in [2.05, 4.69) is 20.6 Å². The summed E-state index contributed by atoms with van der Waals surface area (Å²) >= 11 is 5.93. The molecule has 0 amide bonds. The molecule has 0 aliphatic rings. The molecule has 0 fully saturated rings. The number of benzene rings is 2. The SMILES string of the molecule is Cc1cccc(Cn2nn[nH]c2=O)c1COc1ccn(-c2ccc(Cl)cc2)n1. The van der Waals surface area contributed by atoms with Crippen molar-refractivity contribution >= 4 is 11.6 Å². The lowest BCUT2D eigenvalue weighted by molar-refractivity contribution is 0.289. The van der Waals surface area contributed by atoms with Crippen LogP contribution in [0.5, 0.6) is 5.88 Å². The van der Waals surface area contributed by atoms with E-state index in [0.29, 0.717) is 24.1 Å². The monoisotopic (exact) mass is 396 g/mol. The van der Waals surface area contributed by atoms with Crippen LogP contribution < -0.4 is 10.4 Å². The van der Waals surface area contributed by atoms with E-state index in [9.17, 15) is 4.79 Å². The van der Waals surface area contributed by atoms with E-state index in [4.69, 9.17) is 16.3 Å². The fourth-order valence-electron chi connectivity index (χ4n) is 2.87. The third-order valence-electron chi connectivity index (χ3n) is 4.38. The van der Waals surface area contributed by atoms with Crippen LogP contribution in [0.25, 0.3) is 5.69 Å². The van der Waals surface area contributed by atoms with Crippen molar-refractivity contribution < 1.29 is 4.74 Å². The van der Waals surface area contributed by atoms with Crippen molar-refractivity contribution in [1.82, 2.24) is 30.0 Å². The van der Waals surface area contributed by atoms with Crippen molar-refractivity contribution in [1.29, 1.82) is 0 Å². The number of halogens is 1. The van der Waals surface area contributed by atoms with E-state index >= 15 is 0 Å². The third kappa shape index (κ3) is 3.81. The molecule has 142 valence electrons. The standard InChI is InChI=1S/C19H17ClN6O2/c1-13-3-2-4-14(11-26-19(27)21-23-24-26)17(13)12-28-18-9-10-25(22-18)16-7-5-15(20)6-8-16/h2-10H,11-12H2,1H3,(H,21,24,27). The minimum atomic E-state index is -0.352. The van der Waals surface area contributed by atoms with Crippen LogP contribution in [-0.2, 0) is 13.2 Å². The van der Waals surface area contributed by atoms with Gasteiger partial charge in [0.2, 0.25) is 5.88 Å². The summed E-state index contributed by atoms with van der Waals surface area (Å²) in [5.41, 5.74) is 3.52. The number of H-pyrrole nitrogens is 1. The normalized spacial score (nSPS) is 10.9. The van der Waals surface area contributed by atoms with Crippen LogP contribution in [0.2, 0.25) is 5.02 Å². The van der Waals surface area contributed by atoms with Gasteiger partial charge in [0.15, 0.2) is 0 Å². The number of aromatic amines is 1. The Hall–Kier alpha value is -3.39. The molecule has 0 saturated carbocycles. The number of nitrogens with one attached hydrogen (secondary N) is 1. The second-order valence-electron chi connectivity index (χ2n) is 6.24. The number of hydrogen-bond donors (Lipinski definition) is 1. The molecule has 2 aromatic heterocycles. The van der Waals surface area contributed by atoms with Crippen LogP contribution in [0.15, 0.2) is 59.5 Å². The Morgan fingerprint density at radius 2 is 1.96 bits per heavy atom. The maximum Gasteiger partial charge on any atom is 0.361 e. The molecule has 0 unspecified atom stereocenters. The number of nitrogens with zero attached hydrogens (tertiary/aromatic N) is 5. The summed E-state index contributed by atoms with van der Waals surface area (Å²) in [5, 5.41) is 14.7. The Balaban J connectivity index is 1.52. The average Bonchev–Trinajstić information content (AvgIpc) is 3.31. The van der Waals surface area contributed by atoms with Gasteiger partial charge in [-0.05, 0) is 58.3 Å². The number of tetrazole rings is 1. The van der Waals surface area contributed by atoms with Gasteiger partial charge < -0.3 is 4.74 Å². The lowest BCUT2D eigenvalue weighted by Crippen LogP contribution is -2.20. The van der Waals surface area contributed by atoms with E-state index in [-0.39, 0.29) is 5.69 Å². The number of aromatic nitrogens is 6. The Kier molecular flexibility index (Phi) is 4.94. The Labute approximate surface area is 165 Å². The molecule has 0 radical (unpaired) electrons. The maximum absolute atomic E-state index is 11.7. The summed E-state index contributed by atoms with van der Waals surface area (Å²) in [5.74, 6) is 0.503. The van der Waals surface area contributed by atoms with Gasteiger partial charge in [-0.1, -0.05) is 29.8 Å². The van der Waals surface area contributed by atoms with E-state index in [1.54, 1.807) is 10.7 Å². The van der Waals surface area contributed by atoms with Crippen LogP contribution in [0.3, 0.4) is 0 Å². The van der Waals surface area contributed by atoms with Crippen LogP contribution >= 0.6 is 11.6 Å².